The predicted molar refractivity (Wildman–Crippen MR) is 109 cm³/mol. The summed E-state index contributed by atoms with van der Waals surface area (Å²) in [7, 11) is 3.92. The van der Waals surface area contributed by atoms with Crippen molar-refractivity contribution in [3.05, 3.63) is 57.2 Å². The minimum atomic E-state index is -0.409. The van der Waals surface area contributed by atoms with Crippen LogP contribution in [0.25, 0.3) is 0 Å². The van der Waals surface area contributed by atoms with E-state index in [1.807, 2.05) is 54.7 Å². The quantitative estimate of drug-likeness (QED) is 0.801. The molecule has 2 unspecified atom stereocenters. The molecule has 1 saturated heterocycles. The molecule has 0 saturated carbocycles. The summed E-state index contributed by atoms with van der Waals surface area (Å²) in [5, 5.41) is 5.59. The molecule has 2 aromatic rings. The van der Waals surface area contributed by atoms with Gasteiger partial charge in [-0.25, -0.2) is 0 Å². The number of nitrogens with one attached hydrogen (secondary N) is 1. The number of hydrogen-bond acceptors (Lipinski definition) is 4. The first-order chi connectivity index (χ1) is 13.0. The summed E-state index contributed by atoms with van der Waals surface area (Å²) in [6, 6.07) is 10.9. The van der Waals surface area contributed by atoms with Crippen molar-refractivity contribution in [2.45, 2.75) is 24.9 Å². The van der Waals surface area contributed by atoms with Crippen LogP contribution in [-0.4, -0.2) is 54.8 Å². The average Bonchev–Trinajstić information content (AvgIpc) is 3.34. The molecular weight excluding hydrogens is 382 g/mol. The molecule has 2 heterocycles. The summed E-state index contributed by atoms with van der Waals surface area (Å²) in [4.78, 5) is 29.9. The van der Waals surface area contributed by atoms with E-state index in [0.717, 1.165) is 12.0 Å². The van der Waals surface area contributed by atoms with Gasteiger partial charge in [-0.05, 0) is 50.0 Å². The van der Waals surface area contributed by atoms with Gasteiger partial charge in [0.15, 0.2) is 0 Å². The number of halogens is 1. The fourth-order valence-corrected chi connectivity index (χ4v) is 4.40. The van der Waals surface area contributed by atoms with E-state index in [9.17, 15) is 9.59 Å². The first-order valence-corrected chi connectivity index (χ1v) is 10.3. The second-order valence-corrected chi connectivity index (χ2v) is 8.23. The van der Waals surface area contributed by atoms with Crippen LogP contribution in [0.5, 0.6) is 0 Å². The molecule has 1 fully saturated rings. The monoisotopic (exact) mass is 405 g/mol. The van der Waals surface area contributed by atoms with E-state index in [1.165, 1.54) is 11.3 Å². The van der Waals surface area contributed by atoms with E-state index in [0.29, 0.717) is 29.4 Å². The third kappa shape index (κ3) is 4.51. The summed E-state index contributed by atoms with van der Waals surface area (Å²) in [5.41, 5.74) is 0.974. The molecule has 2 amide bonds. The lowest BCUT2D eigenvalue weighted by Gasteiger charge is -2.28. The lowest BCUT2D eigenvalue weighted by atomic mass is 10.1. The van der Waals surface area contributed by atoms with Gasteiger partial charge in [0.05, 0.1) is 10.9 Å². The number of likely N-dealkylation sites (tertiary alicyclic amines) is 1. The Morgan fingerprint density at radius 3 is 2.74 bits per heavy atom. The van der Waals surface area contributed by atoms with Gasteiger partial charge in [0.1, 0.15) is 6.04 Å². The second kappa shape index (κ2) is 8.87. The summed E-state index contributed by atoms with van der Waals surface area (Å²) in [6.45, 7) is 1.06. The molecule has 3 rings (SSSR count). The van der Waals surface area contributed by atoms with Gasteiger partial charge in [0, 0.05) is 18.1 Å². The maximum Gasteiger partial charge on any atom is 0.264 e. The first-order valence-electron chi connectivity index (χ1n) is 9.02. The van der Waals surface area contributed by atoms with Gasteiger partial charge in [0.2, 0.25) is 5.91 Å². The van der Waals surface area contributed by atoms with Crippen molar-refractivity contribution in [3.63, 3.8) is 0 Å². The van der Waals surface area contributed by atoms with Gasteiger partial charge in [-0.15, -0.1) is 11.3 Å². The van der Waals surface area contributed by atoms with Crippen LogP contribution < -0.4 is 5.32 Å². The van der Waals surface area contributed by atoms with E-state index in [4.69, 9.17) is 11.6 Å². The minimum Gasteiger partial charge on any atom is -0.352 e. The van der Waals surface area contributed by atoms with Gasteiger partial charge >= 0.3 is 0 Å². The van der Waals surface area contributed by atoms with Crippen molar-refractivity contribution < 1.29 is 9.59 Å². The zero-order chi connectivity index (χ0) is 19.4. The molecule has 7 heteroatoms. The molecule has 0 radical (unpaired) electrons. The fraction of sp³-hybridized carbons (Fsp3) is 0.400. The molecule has 1 N–H and O–H groups in total. The van der Waals surface area contributed by atoms with Crippen molar-refractivity contribution in [2.75, 3.05) is 27.2 Å². The van der Waals surface area contributed by atoms with E-state index >= 15 is 0 Å². The SMILES string of the molecule is CN(C)C(CNC(=O)C1CCCN1C(=O)c1cccs1)c1ccccc1Cl. The molecule has 27 heavy (non-hydrogen) atoms. The van der Waals surface area contributed by atoms with E-state index in [-0.39, 0.29) is 17.9 Å². The van der Waals surface area contributed by atoms with E-state index in [1.54, 1.807) is 11.0 Å². The molecule has 144 valence electrons. The van der Waals surface area contributed by atoms with E-state index < -0.39 is 6.04 Å². The largest absolute Gasteiger partial charge is 0.352 e. The molecular formula is C20H24ClN3O2S. The van der Waals surface area contributed by atoms with Crippen LogP contribution in [0, 0.1) is 0 Å². The summed E-state index contributed by atoms with van der Waals surface area (Å²) in [6.07, 6.45) is 1.54. The van der Waals surface area contributed by atoms with Crippen LogP contribution in [0.3, 0.4) is 0 Å². The minimum absolute atomic E-state index is 0.0366. The van der Waals surface area contributed by atoms with Crippen molar-refractivity contribution >= 4 is 34.8 Å². The van der Waals surface area contributed by atoms with Crippen molar-refractivity contribution in [1.29, 1.82) is 0 Å². The third-order valence-corrected chi connectivity index (χ3v) is 6.11. The Bertz CT molecular complexity index is 794. The van der Waals surface area contributed by atoms with Crippen LogP contribution in [0.15, 0.2) is 41.8 Å². The van der Waals surface area contributed by atoms with Crippen LogP contribution in [0.4, 0.5) is 0 Å². The smallest absolute Gasteiger partial charge is 0.264 e. The number of hydrogen-bond donors (Lipinski definition) is 1. The maximum absolute atomic E-state index is 12.8. The molecule has 5 nitrogen and oxygen atoms in total. The Labute approximate surface area is 168 Å². The maximum atomic E-state index is 12.8. The second-order valence-electron chi connectivity index (χ2n) is 6.88. The third-order valence-electron chi connectivity index (χ3n) is 4.91. The van der Waals surface area contributed by atoms with Crippen molar-refractivity contribution in [3.8, 4) is 0 Å². The molecule has 0 bridgehead atoms. The molecule has 0 spiro atoms. The molecule has 1 aliphatic heterocycles. The van der Waals surface area contributed by atoms with Gasteiger partial charge in [-0.1, -0.05) is 35.9 Å². The fourth-order valence-electron chi connectivity index (χ4n) is 3.46. The Hall–Kier alpha value is -1.89. The normalized spacial score (nSPS) is 17.9. The number of rotatable bonds is 6. The summed E-state index contributed by atoms with van der Waals surface area (Å²) >= 11 is 7.74. The van der Waals surface area contributed by atoms with Crippen LogP contribution >= 0.6 is 22.9 Å². The van der Waals surface area contributed by atoms with Crippen molar-refractivity contribution in [2.24, 2.45) is 0 Å². The van der Waals surface area contributed by atoms with Crippen molar-refractivity contribution in [1.82, 2.24) is 15.1 Å². The first kappa shape index (κ1) is 19.9. The van der Waals surface area contributed by atoms with Gasteiger partial charge in [-0.2, -0.15) is 0 Å². The molecule has 0 aliphatic carbocycles. The number of thiophene rings is 1. The molecule has 1 aromatic carbocycles. The molecule has 2 atom stereocenters. The van der Waals surface area contributed by atoms with Crippen LogP contribution in [-0.2, 0) is 4.79 Å². The highest BCUT2D eigenvalue weighted by molar-refractivity contribution is 7.12. The Morgan fingerprint density at radius 1 is 1.30 bits per heavy atom. The lowest BCUT2D eigenvalue weighted by Crippen LogP contribution is -2.47. The highest BCUT2D eigenvalue weighted by Crippen LogP contribution is 2.26. The number of amides is 2. The number of benzene rings is 1. The molecule has 1 aromatic heterocycles. The lowest BCUT2D eigenvalue weighted by molar-refractivity contribution is -0.125. The Morgan fingerprint density at radius 2 is 2.07 bits per heavy atom. The average molecular weight is 406 g/mol. The van der Waals surface area contributed by atoms with Crippen LogP contribution in [0.2, 0.25) is 5.02 Å². The van der Waals surface area contributed by atoms with Gasteiger partial charge in [0.25, 0.3) is 5.91 Å². The summed E-state index contributed by atoms with van der Waals surface area (Å²) < 4.78 is 0. The Kier molecular flexibility index (Phi) is 6.52. The van der Waals surface area contributed by atoms with E-state index in [2.05, 4.69) is 5.32 Å². The standard InChI is InChI=1S/C20H24ClN3O2S/c1-23(2)17(14-7-3-4-8-15(14)21)13-22-19(25)16-9-5-11-24(16)20(26)18-10-6-12-27-18/h3-4,6-8,10,12,16-17H,5,9,11,13H2,1-2H3,(H,22,25). The summed E-state index contributed by atoms with van der Waals surface area (Å²) in [5.74, 6) is -0.158. The van der Waals surface area contributed by atoms with Gasteiger partial charge < -0.3 is 15.1 Å². The highest BCUT2D eigenvalue weighted by atomic mass is 35.5. The van der Waals surface area contributed by atoms with Gasteiger partial charge in [-0.3, -0.25) is 9.59 Å². The number of carbonyl (C=O) groups is 2. The highest BCUT2D eigenvalue weighted by Gasteiger charge is 2.35. The number of likely N-dealkylation sites (N-methyl/N-ethyl adjacent to an activating group) is 1. The number of nitrogens with zero attached hydrogens (tertiary/aromatic N) is 2. The Balaban J connectivity index is 1.67. The predicted octanol–water partition coefficient (Wildman–Crippen LogP) is 3.43. The van der Waals surface area contributed by atoms with Crippen LogP contribution in [0.1, 0.15) is 34.1 Å². The number of carbonyl (C=O) groups excluding carboxylic acids is 2. The topological polar surface area (TPSA) is 52.7 Å². The zero-order valence-corrected chi connectivity index (χ0v) is 17.1. The zero-order valence-electron chi connectivity index (χ0n) is 15.5. The molecule has 1 aliphatic rings.